The SMILES string of the molecule is CCCCC[C@@H]1NC(=O)CCCNC(=O)C([C@@H](C)O)N(C)C(=O)[C@H](CCNC(=O)OC(C)(C)C)NC(=O)[C@H](CCNC(=O)OC(C)(C)C)NC(=O)[C@H](CC(C)C)NC(=O)[C@@H](Cc2ccccc2)NC1=O. The zero-order chi connectivity index (χ0) is 52.8. The number of hydrogen-bond acceptors (Lipinski definition) is 12. The number of unbranched alkanes of at least 4 members (excludes halogenated alkanes) is 2. The van der Waals surface area contributed by atoms with Crippen LogP contribution in [0.5, 0.6) is 0 Å². The predicted octanol–water partition coefficient (Wildman–Crippen LogP) is 2.23. The maximum Gasteiger partial charge on any atom is 0.407 e. The standard InChI is InChI=1S/C49H81N9O12/c1-12-13-15-21-33-40(61)57-37(29-32-19-16-14-17-20-32)43(64)56-36(28-30(2)3)42(63)54-34(23-26-51-46(67)69-48(5,6)7)41(62)55-35(24-27-52-47(68)70-49(8,9)10)45(66)58(11)39(31(4)59)44(65)50-25-18-22-38(60)53-33/h14,16-17,19-20,30-31,33-37,39,59H,12-13,15,18,21-29H2,1-11H3,(H,50,65)(H,51,67)(H,52,68)(H,53,60)(H,54,63)(H,55,62)(H,56,64)(H,57,61)/t31-,33+,34+,35+,36+,37-,39?/m1/s1. The summed E-state index contributed by atoms with van der Waals surface area (Å²) in [4.78, 5) is 125. The average molecular weight is 988 g/mol. The first kappa shape index (κ1) is 60.1. The molecule has 0 spiro atoms. The molecule has 1 fully saturated rings. The molecule has 9 amide bonds. The number of nitrogens with zero attached hydrogens (tertiary/aromatic N) is 1. The van der Waals surface area contributed by atoms with Crippen molar-refractivity contribution in [2.24, 2.45) is 5.92 Å². The smallest absolute Gasteiger partial charge is 0.407 e. The molecule has 2 rings (SSSR count). The van der Waals surface area contributed by atoms with Crippen LogP contribution < -0.4 is 42.5 Å². The molecule has 0 aliphatic carbocycles. The fourth-order valence-corrected chi connectivity index (χ4v) is 7.44. The molecule has 7 atom stereocenters. The van der Waals surface area contributed by atoms with Gasteiger partial charge in [-0.15, -0.1) is 0 Å². The topological polar surface area (TPSA) is 292 Å². The first-order valence-corrected chi connectivity index (χ1v) is 24.4. The number of benzene rings is 1. The van der Waals surface area contributed by atoms with Crippen LogP contribution in [0.3, 0.4) is 0 Å². The zero-order valence-corrected chi connectivity index (χ0v) is 43.1. The van der Waals surface area contributed by atoms with Gasteiger partial charge in [0, 0.05) is 39.5 Å². The molecule has 21 heteroatoms. The molecule has 70 heavy (non-hydrogen) atoms. The maximum absolute atomic E-state index is 14.5. The molecular formula is C49H81N9O12. The van der Waals surface area contributed by atoms with Gasteiger partial charge < -0.3 is 62.0 Å². The largest absolute Gasteiger partial charge is 0.444 e. The zero-order valence-electron chi connectivity index (χ0n) is 43.1. The van der Waals surface area contributed by atoms with Crippen LogP contribution in [-0.2, 0) is 49.5 Å². The van der Waals surface area contributed by atoms with Gasteiger partial charge in [-0.2, -0.15) is 0 Å². The highest BCUT2D eigenvalue weighted by atomic mass is 16.6. The number of hydrogen-bond donors (Lipinski definition) is 9. The molecule has 1 unspecified atom stereocenters. The molecule has 1 heterocycles. The number of likely N-dealkylation sites (N-methyl/N-ethyl adjacent to an activating group) is 1. The van der Waals surface area contributed by atoms with Crippen LogP contribution in [0.2, 0.25) is 0 Å². The number of carbonyl (C=O) groups excluding carboxylic acids is 9. The molecule has 9 N–H and O–H groups in total. The summed E-state index contributed by atoms with van der Waals surface area (Å²) in [5, 5.41) is 32.4. The number of aliphatic hydroxyl groups is 1. The predicted molar refractivity (Wildman–Crippen MR) is 262 cm³/mol. The van der Waals surface area contributed by atoms with Crippen LogP contribution >= 0.6 is 0 Å². The summed E-state index contributed by atoms with van der Waals surface area (Å²) >= 11 is 0. The summed E-state index contributed by atoms with van der Waals surface area (Å²) in [6.07, 6.45) is -0.989. The highest BCUT2D eigenvalue weighted by Crippen LogP contribution is 2.14. The van der Waals surface area contributed by atoms with Gasteiger partial charge in [-0.25, -0.2) is 9.59 Å². The van der Waals surface area contributed by atoms with E-state index in [9.17, 15) is 48.3 Å². The number of carbonyl (C=O) groups is 9. The summed E-state index contributed by atoms with van der Waals surface area (Å²) in [6, 6.07) is 0.934. The second-order valence-corrected chi connectivity index (χ2v) is 20.1. The van der Waals surface area contributed by atoms with Crippen molar-refractivity contribution in [3.05, 3.63) is 35.9 Å². The molecule has 394 valence electrons. The fraction of sp³-hybridized carbons (Fsp3) is 0.694. The normalized spacial score (nSPS) is 22.6. The van der Waals surface area contributed by atoms with Crippen molar-refractivity contribution in [2.45, 2.75) is 187 Å². The van der Waals surface area contributed by atoms with E-state index in [4.69, 9.17) is 9.47 Å². The Morgan fingerprint density at radius 2 is 1.17 bits per heavy atom. The lowest BCUT2D eigenvalue weighted by Gasteiger charge is -2.33. The van der Waals surface area contributed by atoms with Gasteiger partial charge in [0.1, 0.15) is 47.5 Å². The van der Waals surface area contributed by atoms with E-state index in [0.717, 1.165) is 17.7 Å². The highest BCUT2D eigenvalue weighted by Gasteiger charge is 2.37. The number of amides is 9. The van der Waals surface area contributed by atoms with Crippen LogP contribution in [0.4, 0.5) is 9.59 Å². The summed E-state index contributed by atoms with van der Waals surface area (Å²) in [5.74, 6) is -5.33. The lowest BCUT2D eigenvalue weighted by atomic mass is 10.00. The first-order chi connectivity index (χ1) is 32.7. The van der Waals surface area contributed by atoms with E-state index in [0.29, 0.717) is 12.0 Å². The third-order valence-corrected chi connectivity index (χ3v) is 10.8. The van der Waals surface area contributed by atoms with Gasteiger partial charge in [-0.1, -0.05) is 70.4 Å². The van der Waals surface area contributed by atoms with Crippen molar-refractivity contribution in [1.82, 2.24) is 47.4 Å². The quantitative estimate of drug-likeness (QED) is 0.114. The summed E-state index contributed by atoms with van der Waals surface area (Å²) in [6.45, 7) is 16.4. The lowest BCUT2D eigenvalue weighted by molar-refractivity contribution is -0.145. The third-order valence-electron chi connectivity index (χ3n) is 10.8. The van der Waals surface area contributed by atoms with Crippen molar-refractivity contribution in [3.63, 3.8) is 0 Å². The molecular weight excluding hydrogens is 907 g/mol. The van der Waals surface area contributed by atoms with Crippen molar-refractivity contribution in [3.8, 4) is 0 Å². The molecule has 0 aromatic heterocycles. The number of alkyl carbamates (subject to hydrolysis) is 2. The molecule has 1 aliphatic heterocycles. The number of rotatable bonds is 15. The van der Waals surface area contributed by atoms with Gasteiger partial charge in [0.2, 0.25) is 41.4 Å². The molecule has 0 saturated carbocycles. The Morgan fingerprint density at radius 1 is 0.686 bits per heavy atom. The van der Waals surface area contributed by atoms with Crippen LogP contribution in [0, 0.1) is 5.92 Å². The van der Waals surface area contributed by atoms with E-state index >= 15 is 0 Å². The Kier molecular flexibility index (Phi) is 25.1. The Morgan fingerprint density at radius 3 is 1.70 bits per heavy atom. The van der Waals surface area contributed by atoms with E-state index in [2.05, 4.69) is 42.5 Å². The molecule has 0 bridgehead atoms. The second-order valence-electron chi connectivity index (χ2n) is 20.1. The maximum atomic E-state index is 14.5. The molecule has 1 aromatic rings. The average Bonchev–Trinajstić information content (AvgIpc) is 3.24. The fourth-order valence-electron chi connectivity index (χ4n) is 7.44. The molecule has 1 aliphatic rings. The second kappa shape index (κ2) is 29.3. The Bertz CT molecular complexity index is 1900. The Balaban J connectivity index is 2.74. The van der Waals surface area contributed by atoms with E-state index in [1.54, 1.807) is 71.9 Å². The van der Waals surface area contributed by atoms with Gasteiger partial charge in [0.05, 0.1) is 6.10 Å². The van der Waals surface area contributed by atoms with E-state index in [1.807, 2.05) is 20.8 Å². The van der Waals surface area contributed by atoms with Gasteiger partial charge in [0.25, 0.3) is 0 Å². The minimum Gasteiger partial charge on any atom is -0.444 e. The Labute approximate surface area is 413 Å². The van der Waals surface area contributed by atoms with Gasteiger partial charge in [0.15, 0.2) is 0 Å². The van der Waals surface area contributed by atoms with Crippen LogP contribution in [-0.4, -0.2) is 144 Å². The van der Waals surface area contributed by atoms with Gasteiger partial charge in [-0.3, -0.25) is 33.6 Å². The number of nitrogens with one attached hydrogen (secondary N) is 8. The van der Waals surface area contributed by atoms with Crippen LogP contribution in [0.1, 0.15) is 133 Å². The van der Waals surface area contributed by atoms with Crippen LogP contribution in [0.15, 0.2) is 30.3 Å². The van der Waals surface area contributed by atoms with Crippen molar-refractivity contribution >= 4 is 53.5 Å². The molecule has 1 aromatic carbocycles. The van der Waals surface area contributed by atoms with E-state index in [1.165, 1.54) is 14.0 Å². The first-order valence-electron chi connectivity index (χ1n) is 24.4. The molecule has 21 nitrogen and oxygen atoms in total. The highest BCUT2D eigenvalue weighted by molar-refractivity contribution is 5.97. The van der Waals surface area contributed by atoms with Crippen molar-refractivity contribution in [2.75, 3.05) is 26.7 Å². The van der Waals surface area contributed by atoms with E-state index in [-0.39, 0.29) is 70.5 Å². The van der Waals surface area contributed by atoms with Crippen molar-refractivity contribution in [1.29, 1.82) is 0 Å². The minimum absolute atomic E-state index is 0.0191. The molecule has 0 radical (unpaired) electrons. The summed E-state index contributed by atoms with van der Waals surface area (Å²) < 4.78 is 10.7. The monoisotopic (exact) mass is 988 g/mol. The molecule has 1 saturated heterocycles. The van der Waals surface area contributed by atoms with Gasteiger partial charge in [-0.05, 0) is 92.1 Å². The Hall–Kier alpha value is -5.99. The minimum atomic E-state index is -1.49. The number of aliphatic hydroxyl groups excluding tert-OH is 1. The lowest BCUT2D eigenvalue weighted by Crippen LogP contribution is -2.61. The van der Waals surface area contributed by atoms with Crippen LogP contribution in [0.25, 0.3) is 0 Å². The van der Waals surface area contributed by atoms with Crippen molar-refractivity contribution < 1.29 is 57.7 Å². The number of ether oxygens (including phenoxy) is 2. The van der Waals surface area contributed by atoms with E-state index < -0.39 is 107 Å². The van der Waals surface area contributed by atoms with Gasteiger partial charge >= 0.3 is 12.2 Å². The third kappa shape index (κ3) is 23.1. The summed E-state index contributed by atoms with van der Waals surface area (Å²) in [7, 11) is 1.26. The summed E-state index contributed by atoms with van der Waals surface area (Å²) in [5.41, 5.74) is -1.02.